The van der Waals surface area contributed by atoms with Gasteiger partial charge in [-0.3, -0.25) is 0 Å². The minimum absolute atomic E-state index is 0.833. The minimum Gasteiger partial charge on any atom is -0.346 e. The van der Waals surface area contributed by atoms with Gasteiger partial charge in [-0.1, -0.05) is 20.8 Å². The van der Waals surface area contributed by atoms with Gasteiger partial charge in [-0.25, -0.2) is 4.98 Å². The molecule has 0 aromatic carbocycles. The smallest absolute Gasteiger partial charge is 0.137 e. The molecule has 0 saturated heterocycles. The number of rotatable bonds is 0. The molecular weight excluding hydrogens is 172 g/mol. The van der Waals surface area contributed by atoms with Crippen molar-refractivity contribution in [3.8, 4) is 0 Å². The second-order valence-electron chi connectivity index (χ2n) is 4.16. The van der Waals surface area contributed by atoms with Crippen LogP contribution in [0.1, 0.15) is 26.3 Å². The average molecular weight is 190 g/mol. The molecule has 76 valence electrons. The Balaban J connectivity index is 0.000000213. The Morgan fingerprint density at radius 2 is 1.93 bits per heavy atom. The van der Waals surface area contributed by atoms with Gasteiger partial charge in [0.25, 0.3) is 0 Å². The minimum atomic E-state index is 0.833. The third kappa shape index (κ3) is 3.21. The van der Waals surface area contributed by atoms with Gasteiger partial charge in [-0.05, 0) is 30.5 Å². The lowest BCUT2D eigenvalue weighted by Crippen LogP contribution is -1.76. The highest BCUT2D eigenvalue weighted by atomic mass is 14.8. The molecule has 2 aromatic heterocycles. The van der Waals surface area contributed by atoms with Gasteiger partial charge in [0.15, 0.2) is 0 Å². The first kappa shape index (κ1) is 10.8. The zero-order valence-electron chi connectivity index (χ0n) is 9.33. The van der Waals surface area contributed by atoms with Gasteiger partial charge in [0, 0.05) is 17.8 Å². The second-order valence-corrected chi connectivity index (χ2v) is 4.16. The molecule has 2 heteroatoms. The fraction of sp³-hybridized carbons (Fsp3) is 0.417. The van der Waals surface area contributed by atoms with Crippen molar-refractivity contribution in [3.63, 3.8) is 0 Å². The number of aryl methyl sites for hydroxylation is 1. The van der Waals surface area contributed by atoms with Crippen LogP contribution >= 0.6 is 0 Å². The maximum Gasteiger partial charge on any atom is 0.137 e. The van der Waals surface area contributed by atoms with Crippen molar-refractivity contribution >= 4 is 11.0 Å². The number of hydrogen-bond acceptors (Lipinski definition) is 1. The molecule has 2 heterocycles. The van der Waals surface area contributed by atoms with Crippen molar-refractivity contribution < 1.29 is 0 Å². The standard InChI is InChI=1S/C8H8N2.C4H10/c1-6-4-7-2-3-9-8(7)10-5-6;1-4(2)3/h2-5H,1H3,(H,9,10);4H,1-3H3. The van der Waals surface area contributed by atoms with Gasteiger partial charge in [-0.15, -0.1) is 0 Å². The molecule has 0 unspecified atom stereocenters. The highest BCUT2D eigenvalue weighted by molar-refractivity contribution is 5.75. The number of fused-ring (bicyclic) bond motifs is 1. The summed E-state index contributed by atoms with van der Waals surface area (Å²) >= 11 is 0. The van der Waals surface area contributed by atoms with E-state index in [1.54, 1.807) is 0 Å². The van der Waals surface area contributed by atoms with E-state index < -0.39 is 0 Å². The summed E-state index contributed by atoms with van der Waals surface area (Å²) in [6.07, 6.45) is 3.76. The van der Waals surface area contributed by atoms with Crippen LogP contribution in [0.5, 0.6) is 0 Å². The molecule has 0 amide bonds. The number of nitrogens with one attached hydrogen (secondary N) is 1. The fourth-order valence-electron chi connectivity index (χ4n) is 1.05. The van der Waals surface area contributed by atoms with Crippen molar-refractivity contribution in [2.75, 3.05) is 0 Å². The lowest BCUT2D eigenvalue weighted by Gasteiger charge is -1.89. The average Bonchev–Trinajstić information content (AvgIpc) is 2.49. The molecule has 0 saturated carbocycles. The van der Waals surface area contributed by atoms with Gasteiger partial charge in [0.05, 0.1) is 0 Å². The number of aromatic amines is 1. The Labute approximate surface area is 85.4 Å². The Morgan fingerprint density at radius 1 is 1.29 bits per heavy atom. The summed E-state index contributed by atoms with van der Waals surface area (Å²) in [5, 5.41) is 1.18. The predicted molar refractivity (Wildman–Crippen MR) is 61.3 cm³/mol. The maximum absolute atomic E-state index is 4.19. The molecule has 0 aliphatic carbocycles. The SMILES string of the molecule is CC(C)C.Cc1cnc2[nH]ccc2c1. The Bertz CT molecular complexity index is 385. The molecular formula is C12H18N2. The van der Waals surface area contributed by atoms with E-state index in [4.69, 9.17) is 0 Å². The predicted octanol–water partition coefficient (Wildman–Crippen LogP) is 3.53. The first-order valence-electron chi connectivity index (χ1n) is 4.99. The van der Waals surface area contributed by atoms with Crippen LogP contribution < -0.4 is 0 Å². The van der Waals surface area contributed by atoms with Crippen molar-refractivity contribution in [1.29, 1.82) is 0 Å². The molecule has 0 aliphatic rings. The van der Waals surface area contributed by atoms with Gasteiger partial charge in [0.1, 0.15) is 5.65 Å². The lowest BCUT2D eigenvalue weighted by molar-refractivity contribution is 0.737. The van der Waals surface area contributed by atoms with Gasteiger partial charge < -0.3 is 4.98 Å². The van der Waals surface area contributed by atoms with Crippen molar-refractivity contribution in [2.24, 2.45) is 5.92 Å². The largest absolute Gasteiger partial charge is 0.346 e. The van der Waals surface area contributed by atoms with Crippen LogP contribution in [0.25, 0.3) is 11.0 Å². The first-order valence-corrected chi connectivity index (χ1v) is 4.99. The summed E-state index contributed by atoms with van der Waals surface area (Å²) in [4.78, 5) is 7.22. The van der Waals surface area contributed by atoms with Gasteiger partial charge in [0.2, 0.25) is 0 Å². The van der Waals surface area contributed by atoms with E-state index in [1.807, 2.05) is 25.4 Å². The highest BCUT2D eigenvalue weighted by Crippen LogP contribution is 2.09. The molecule has 0 atom stereocenters. The van der Waals surface area contributed by atoms with Crippen molar-refractivity contribution in [1.82, 2.24) is 9.97 Å². The summed E-state index contributed by atoms with van der Waals surface area (Å²) in [5.41, 5.74) is 2.16. The molecule has 0 aliphatic heterocycles. The normalized spacial score (nSPS) is 10.1. The molecule has 2 nitrogen and oxygen atoms in total. The number of H-pyrrole nitrogens is 1. The van der Waals surface area contributed by atoms with Crippen molar-refractivity contribution in [3.05, 3.63) is 30.1 Å². The van der Waals surface area contributed by atoms with E-state index in [9.17, 15) is 0 Å². The van der Waals surface area contributed by atoms with E-state index in [2.05, 4.69) is 36.8 Å². The van der Waals surface area contributed by atoms with E-state index in [0.29, 0.717) is 0 Å². The summed E-state index contributed by atoms with van der Waals surface area (Å²) < 4.78 is 0. The van der Waals surface area contributed by atoms with Crippen LogP contribution in [-0.2, 0) is 0 Å². The molecule has 2 aromatic rings. The summed E-state index contributed by atoms with van der Waals surface area (Å²) in [7, 11) is 0. The van der Waals surface area contributed by atoms with E-state index in [0.717, 1.165) is 11.6 Å². The molecule has 1 N–H and O–H groups in total. The van der Waals surface area contributed by atoms with Crippen LogP contribution in [0.15, 0.2) is 24.5 Å². The zero-order valence-corrected chi connectivity index (χ0v) is 9.33. The third-order valence-electron chi connectivity index (χ3n) is 1.54. The molecule has 0 spiro atoms. The monoisotopic (exact) mass is 190 g/mol. The van der Waals surface area contributed by atoms with Crippen LogP contribution in [-0.4, -0.2) is 9.97 Å². The zero-order chi connectivity index (χ0) is 10.6. The van der Waals surface area contributed by atoms with Crippen LogP contribution in [0, 0.1) is 12.8 Å². The van der Waals surface area contributed by atoms with Gasteiger partial charge in [-0.2, -0.15) is 0 Å². The van der Waals surface area contributed by atoms with E-state index >= 15 is 0 Å². The number of aromatic nitrogens is 2. The van der Waals surface area contributed by atoms with Crippen molar-refractivity contribution in [2.45, 2.75) is 27.7 Å². The maximum atomic E-state index is 4.19. The Hall–Kier alpha value is -1.31. The van der Waals surface area contributed by atoms with E-state index in [-0.39, 0.29) is 0 Å². The highest BCUT2D eigenvalue weighted by Gasteiger charge is 1.92. The van der Waals surface area contributed by atoms with Gasteiger partial charge >= 0.3 is 0 Å². The second kappa shape index (κ2) is 4.80. The number of pyridine rings is 1. The number of hydrogen-bond donors (Lipinski definition) is 1. The molecule has 0 bridgehead atoms. The van der Waals surface area contributed by atoms with E-state index in [1.165, 1.54) is 10.9 Å². The quantitative estimate of drug-likeness (QED) is 0.676. The third-order valence-corrected chi connectivity index (χ3v) is 1.54. The topological polar surface area (TPSA) is 28.7 Å². The first-order chi connectivity index (χ1) is 6.59. The van der Waals surface area contributed by atoms with Crippen LogP contribution in [0.3, 0.4) is 0 Å². The molecule has 0 fully saturated rings. The molecule has 0 radical (unpaired) electrons. The summed E-state index contributed by atoms with van der Waals surface area (Å²) in [5.74, 6) is 0.833. The molecule has 2 rings (SSSR count). The summed E-state index contributed by atoms with van der Waals surface area (Å²) in [6, 6.07) is 4.13. The number of nitrogens with zero attached hydrogens (tertiary/aromatic N) is 1. The van der Waals surface area contributed by atoms with Crippen LogP contribution in [0.4, 0.5) is 0 Å². The molecule has 14 heavy (non-hydrogen) atoms. The Kier molecular flexibility index (Phi) is 3.69. The fourth-order valence-corrected chi connectivity index (χ4v) is 1.05. The summed E-state index contributed by atoms with van der Waals surface area (Å²) in [6.45, 7) is 8.54. The Morgan fingerprint density at radius 3 is 2.57 bits per heavy atom. The van der Waals surface area contributed by atoms with Crippen LogP contribution in [0.2, 0.25) is 0 Å². The lowest BCUT2D eigenvalue weighted by atomic mass is 10.2.